The zero-order valence-electron chi connectivity index (χ0n) is 8.92. The van der Waals surface area contributed by atoms with E-state index in [2.05, 4.69) is 5.43 Å². The van der Waals surface area contributed by atoms with Gasteiger partial charge >= 0.3 is 0 Å². The van der Waals surface area contributed by atoms with Gasteiger partial charge in [-0.05, 0) is 23.6 Å². The number of nitrogens with one attached hydrogen (secondary N) is 1. The minimum atomic E-state index is -0.339. The van der Waals surface area contributed by atoms with E-state index < -0.39 is 0 Å². The predicted octanol–water partition coefficient (Wildman–Crippen LogP) is 1.67. The Morgan fingerprint density at radius 2 is 2.13 bits per heavy atom. The molecule has 0 saturated carbocycles. The lowest BCUT2D eigenvalue weighted by Crippen LogP contribution is -2.21. The third-order valence-corrected chi connectivity index (χ3v) is 2.27. The van der Waals surface area contributed by atoms with Crippen LogP contribution < -0.4 is 17.0 Å². The maximum Gasteiger partial charge on any atom is 0.132 e. The molecule has 82 valence electrons. The van der Waals surface area contributed by atoms with E-state index in [0.29, 0.717) is 17.2 Å². The summed E-state index contributed by atoms with van der Waals surface area (Å²) in [5, 5.41) is 0. The summed E-state index contributed by atoms with van der Waals surface area (Å²) in [7, 11) is 0. The minimum Gasteiger partial charge on any atom is -0.403 e. The maximum absolute atomic E-state index is 13.5. The SMILES string of the molecule is CC(C)c1ccc(F)c(/C(=C/N)NN)c1. The van der Waals surface area contributed by atoms with Gasteiger partial charge in [0.15, 0.2) is 0 Å². The summed E-state index contributed by atoms with van der Waals surface area (Å²) >= 11 is 0. The van der Waals surface area contributed by atoms with Gasteiger partial charge in [0.1, 0.15) is 5.82 Å². The molecule has 1 aromatic rings. The van der Waals surface area contributed by atoms with Crippen LogP contribution >= 0.6 is 0 Å². The molecule has 0 saturated heterocycles. The molecule has 0 aliphatic heterocycles. The van der Waals surface area contributed by atoms with Crippen molar-refractivity contribution in [3.05, 3.63) is 41.3 Å². The van der Waals surface area contributed by atoms with E-state index in [-0.39, 0.29) is 5.82 Å². The second kappa shape index (κ2) is 4.79. The Morgan fingerprint density at radius 1 is 1.47 bits per heavy atom. The molecular formula is C11H16FN3. The lowest BCUT2D eigenvalue weighted by molar-refractivity contribution is 0.620. The van der Waals surface area contributed by atoms with Gasteiger partial charge in [0.25, 0.3) is 0 Å². The summed E-state index contributed by atoms with van der Waals surface area (Å²) in [6.45, 7) is 4.08. The second-order valence-electron chi connectivity index (χ2n) is 3.62. The van der Waals surface area contributed by atoms with Gasteiger partial charge in [-0.15, -0.1) is 0 Å². The molecule has 4 heteroatoms. The molecule has 0 amide bonds. The van der Waals surface area contributed by atoms with E-state index in [1.165, 1.54) is 12.3 Å². The van der Waals surface area contributed by atoms with Gasteiger partial charge in [0.2, 0.25) is 0 Å². The van der Waals surface area contributed by atoms with Gasteiger partial charge in [0.05, 0.1) is 5.70 Å². The second-order valence-corrected chi connectivity index (χ2v) is 3.62. The van der Waals surface area contributed by atoms with Crippen LogP contribution in [0.4, 0.5) is 4.39 Å². The van der Waals surface area contributed by atoms with Gasteiger partial charge in [-0.3, -0.25) is 5.84 Å². The summed E-state index contributed by atoms with van der Waals surface area (Å²) in [6, 6.07) is 4.93. The number of rotatable bonds is 3. The highest BCUT2D eigenvalue weighted by atomic mass is 19.1. The Morgan fingerprint density at radius 3 is 2.60 bits per heavy atom. The monoisotopic (exact) mass is 209 g/mol. The van der Waals surface area contributed by atoms with Crippen LogP contribution in [0.1, 0.15) is 30.9 Å². The highest BCUT2D eigenvalue weighted by Gasteiger charge is 2.09. The quantitative estimate of drug-likeness (QED) is 0.524. The van der Waals surface area contributed by atoms with Crippen LogP contribution in [0.3, 0.4) is 0 Å². The zero-order chi connectivity index (χ0) is 11.4. The van der Waals surface area contributed by atoms with Crippen LogP contribution in [0, 0.1) is 5.82 Å². The first-order chi connectivity index (χ1) is 7.10. The fraction of sp³-hybridized carbons (Fsp3) is 0.273. The van der Waals surface area contributed by atoms with Gasteiger partial charge in [0, 0.05) is 11.8 Å². The lowest BCUT2D eigenvalue weighted by Gasteiger charge is -2.11. The zero-order valence-corrected chi connectivity index (χ0v) is 8.92. The van der Waals surface area contributed by atoms with E-state index in [1.54, 1.807) is 12.1 Å². The largest absolute Gasteiger partial charge is 0.403 e. The van der Waals surface area contributed by atoms with Crippen LogP contribution in [-0.2, 0) is 0 Å². The van der Waals surface area contributed by atoms with Crippen LogP contribution in [0.25, 0.3) is 5.70 Å². The van der Waals surface area contributed by atoms with Crippen molar-refractivity contribution in [2.24, 2.45) is 11.6 Å². The van der Waals surface area contributed by atoms with Crippen molar-refractivity contribution >= 4 is 5.70 Å². The van der Waals surface area contributed by atoms with Gasteiger partial charge in [-0.25, -0.2) is 4.39 Å². The van der Waals surface area contributed by atoms with Crippen molar-refractivity contribution in [1.82, 2.24) is 5.43 Å². The topological polar surface area (TPSA) is 64.1 Å². The normalized spacial score (nSPS) is 11.9. The summed E-state index contributed by atoms with van der Waals surface area (Å²) in [6.07, 6.45) is 1.25. The summed E-state index contributed by atoms with van der Waals surface area (Å²) in [5.74, 6) is 5.24. The Hall–Kier alpha value is -1.55. The summed E-state index contributed by atoms with van der Waals surface area (Å²) in [5.41, 5.74) is 9.53. The molecule has 0 fully saturated rings. The summed E-state index contributed by atoms with van der Waals surface area (Å²) in [4.78, 5) is 0. The number of hydrogen-bond acceptors (Lipinski definition) is 3. The molecule has 0 spiro atoms. The Kier molecular flexibility index (Phi) is 3.68. The number of halogens is 1. The van der Waals surface area contributed by atoms with Crippen molar-refractivity contribution in [3.8, 4) is 0 Å². The first-order valence-electron chi connectivity index (χ1n) is 4.78. The smallest absolute Gasteiger partial charge is 0.132 e. The number of hydrazine groups is 1. The molecule has 0 unspecified atom stereocenters. The Balaban J connectivity index is 3.21. The van der Waals surface area contributed by atoms with E-state index in [1.807, 2.05) is 13.8 Å². The first-order valence-corrected chi connectivity index (χ1v) is 4.78. The van der Waals surface area contributed by atoms with Gasteiger partial charge in [-0.1, -0.05) is 19.9 Å². The first kappa shape index (κ1) is 11.5. The molecule has 5 N–H and O–H groups in total. The molecule has 0 aromatic heterocycles. The van der Waals surface area contributed by atoms with Crippen molar-refractivity contribution in [3.63, 3.8) is 0 Å². The Labute approximate surface area is 88.9 Å². The van der Waals surface area contributed by atoms with E-state index in [4.69, 9.17) is 11.6 Å². The van der Waals surface area contributed by atoms with Crippen molar-refractivity contribution in [2.45, 2.75) is 19.8 Å². The third kappa shape index (κ3) is 2.47. The number of benzene rings is 1. The molecular weight excluding hydrogens is 193 g/mol. The predicted molar refractivity (Wildman–Crippen MR) is 60.0 cm³/mol. The molecule has 3 nitrogen and oxygen atoms in total. The molecule has 15 heavy (non-hydrogen) atoms. The maximum atomic E-state index is 13.5. The van der Waals surface area contributed by atoms with Crippen molar-refractivity contribution < 1.29 is 4.39 Å². The lowest BCUT2D eigenvalue weighted by atomic mass is 9.99. The van der Waals surface area contributed by atoms with Gasteiger partial charge < -0.3 is 11.2 Å². The van der Waals surface area contributed by atoms with E-state index in [0.717, 1.165) is 5.56 Å². The number of nitrogens with two attached hydrogens (primary N) is 2. The molecule has 0 aliphatic carbocycles. The standard InChI is InChI=1S/C11H16FN3/c1-7(2)8-3-4-10(12)9(5-8)11(6-13)15-14/h3-7,15H,13-14H2,1-2H3/b11-6-. The average molecular weight is 209 g/mol. The summed E-state index contributed by atoms with van der Waals surface area (Å²) < 4.78 is 13.5. The van der Waals surface area contributed by atoms with Crippen LogP contribution in [0.15, 0.2) is 24.4 Å². The van der Waals surface area contributed by atoms with E-state index in [9.17, 15) is 4.39 Å². The highest BCUT2D eigenvalue weighted by Crippen LogP contribution is 2.21. The number of hydrogen-bond donors (Lipinski definition) is 3. The molecule has 0 aliphatic rings. The van der Waals surface area contributed by atoms with Crippen molar-refractivity contribution in [2.75, 3.05) is 0 Å². The van der Waals surface area contributed by atoms with Crippen molar-refractivity contribution in [1.29, 1.82) is 0 Å². The molecule has 0 heterocycles. The van der Waals surface area contributed by atoms with Crippen LogP contribution in [-0.4, -0.2) is 0 Å². The Bertz CT molecular complexity index is 372. The molecule has 0 atom stereocenters. The molecule has 1 rings (SSSR count). The fourth-order valence-corrected chi connectivity index (χ4v) is 1.32. The molecule has 0 radical (unpaired) electrons. The molecule has 0 bridgehead atoms. The third-order valence-electron chi connectivity index (χ3n) is 2.27. The van der Waals surface area contributed by atoms with E-state index >= 15 is 0 Å². The average Bonchev–Trinajstić information content (AvgIpc) is 2.22. The molecule has 1 aromatic carbocycles. The van der Waals surface area contributed by atoms with Crippen LogP contribution in [0.2, 0.25) is 0 Å². The van der Waals surface area contributed by atoms with Crippen LogP contribution in [0.5, 0.6) is 0 Å². The highest BCUT2D eigenvalue weighted by molar-refractivity contribution is 5.64. The minimum absolute atomic E-state index is 0.334. The fourth-order valence-electron chi connectivity index (χ4n) is 1.32. The van der Waals surface area contributed by atoms with Gasteiger partial charge in [-0.2, -0.15) is 0 Å².